The van der Waals surface area contributed by atoms with Gasteiger partial charge in [0.1, 0.15) is 5.60 Å². The van der Waals surface area contributed by atoms with Crippen molar-refractivity contribution in [1.29, 1.82) is 0 Å². The normalized spacial score (nSPS) is 18.4. The highest BCUT2D eigenvalue weighted by Gasteiger charge is 2.50. The molecule has 0 N–H and O–H groups in total. The first-order valence-electron chi connectivity index (χ1n) is 8.87. The molecule has 2 heterocycles. The predicted octanol–water partition coefficient (Wildman–Crippen LogP) is 2.78. The van der Waals surface area contributed by atoms with Gasteiger partial charge in [0.15, 0.2) is 0 Å². The molecular formula is C16H22F3N3O5S. The van der Waals surface area contributed by atoms with E-state index in [0.717, 1.165) is 0 Å². The lowest BCUT2D eigenvalue weighted by Gasteiger charge is -2.26. The van der Waals surface area contributed by atoms with Crippen molar-refractivity contribution in [2.75, 3.05) is 13.1 Å². The summed E-state index contributed by atoms with van der Waals surface area (Å²) in [7, 11) is -5.81. The van der Waals surface area contributed by atoms with E-state index >= 15 is 0 Å². The number of halogens is 3. The number of ether oxygens (including phenoxy) is 1. The fraction of sp³-hybridized carbons (Fsp3) is 0.750. The summed E-state index contributed by atoms with van der Waals surface area (Å²) in [6.45, 7) is 5.60. The quantitative estimate of drug-likeness (QED) is 0.546. The maximum atomic E-state index is 12.8. The molecule has 0 unspecified atom stereocenters. The van der Waals surface area contributed by atoms with Crippen molar-refractivity contribution >= 4 is 16.2 Å². The minimum absolute atomic E-state index is 0.115. The highest BCUT2D eigenvalue weighted by atomic mass is 32.2. The Morgan fingerprint density at radius 1 is 1.14 bits per heavy atom. The van der Waals surface area contributed by atoms with Gasteiger partial charge >= 0.3 is 21.7 Å². The van der Waals surface area contributed by atoms with E-state index in [9.17, 15) is 26.4 Å². The lowest BCUT2D eigenvalue weighted by Crippen LogP contribution is -2.38. The van der Waals surface area contributed by atoms with Crippen molar-refractivity contribution in [1.82, 2.24) is 14.7 Å². The van der Waals surface area contributed by atoms with E-state index in [0.29, 0.717) is 18.5 Å². The van der Waals surface area contributed by atoms with Crippen LogP contribution in [0.1, 0.15) is 50.9 Å². The summed E-state index contributed by atoms with van der Waals surface area (Å²) in [5, 5.41) is 4.29. The average molecular weight is 425 g/mol. The number of rotatable bonds is 3. The van der Waals surface area contributed by atoms with Crippen molar-refractivity contribution in [3.8, 4) is 5.88 Å². The van der Waals surface area contributed by atoms with Crippen LogP contribution in [0.15, 0.2) is 0 Å². The number of fused-ring (bicyclic) bond motifs is 1. The first-order valence-corrected chi connectivity index (χ1v) is 10.3. The second-order valence-electron chi connectivity index (χ2n) is 7.86. The zero-order chi connectivity index (χ0) is 20.9. The monoisotopic (exact) mass is 425 g/mol. The predicted molar refractivity (Wildman–Crippen MR) is 91.3 cm³/mol. The molecule has 0 saturated heterocycles. The molecule has 1 aromatic heterocycles. The lowest BCUT2D eigenvalue weighted by molar-refractivity contribution is -0.0502. The Morgan fingerprint density at radius 2 is 1.75 bits per heavy atom. The van der Waals surface area contributed by atoms with Crippen LogP contribution in [-0.2, 0) is 27.7 Å². The van der Waals surface area contributed by atoms with Crippen molar-refractivity contribution in [2.45, 2.75) is 63.6 Å². The molecule has 8 nitrogen and oxygen atoms in total. The van der Waals surface area contributed by atoms with Gasteiger partial charge in [-0.1, -0.05) is 0 Å². The molecule has 1 saturated carbocycles. The molecule has 1 aliphatic heterocycles. The van der Waals surface area contributed by atoms with Gasteiger partial charge in [-0.25, -0.2) is 9.48 Å². The molecule has 1 aromatic rings. The van der Waals surface area contributed by atoms with Crippen LogP contribution in [0.2, 0.25) is 0 Å². The zero-order valence-corrected chi connectivity index (χ0v) is 16.6. The van der Waals surface area contributed by atoms with E-state index in [2.05, 4.69) is 9.28 Å². The molecule has 2 aliphatic rings. The highest BCUT2D eigenvalue weighted by molar-refractivity contribution is 7.87. The maximum absolute atomic E-state index is 12.8. The topological polar surface area (TPSA) is 90.7 Å². The summed E-state index contributed by atoms with van der Waals surface area (Å²) < 4.78 is 72.5. The molecule has 28 heavy (non-hydrogen) atoms. The van der Waals surface area contributed by atoms with Crippen LogP contribution in [0.5, 0.6) is 5.88 Å². The summed E-state index contributed by atoms with van der Waals surface area (Å²) in [6, 6.07) is -0.174. The summed E-state index contributed by atoms with van der Waals surface area (Å²) in [4.78, 5) is 13.7. The third kappa shape index (κ3) is 4.36. The van der Waals surface area contributed by atoms with Crippen LogP contribution in [-0.4, -0.2) is 53.4 Å². The van der Waals surface area contributed by atoms with Crippen LogP contribution in [0, 0.1) is 0 Å². The van der Waals surface area contributed by atoms with Crippen LogP contribution in [0.4, 0.5) is 18.0 Å². The number of hydrogen-bond donors (Lipinski definition) is 0. The molecule has 1 amide bonds. The second kappa shape index (κ2) is 6.82. The smallest absolute Gasteiger partial charge is 0.444 e. The fourth-order valence-corrected chi connectivity index (χ4v) is 3.34. The molecular weight excluding hydrogens is 403 g/mol. The third-order valence-corrected chi connectivity index (χ3v) is 5.25. The largest absolute Gasteiger partial charge is 0.534 e. The molecule has 1 fully saturated rings. The van der Waals surface area contributed by atoms with E-state index in [1.165, 1.54) is 9.58 Å². The first kappa shape index (κ1) is 20.7. The molecule has 12 heteroatoms. The lowest BCUT2D eigenvalue weighted by atomic mass is 10.1. The zero-order valence-electron chi connectivity index (χ0n) is 15.7. The first-order chi connectivity index (χ1) is 12.8. The molecule has 0 atom stereocenters. The Bertz CT molecular complexity index is 869. The number of carbonyl (C=O) groups excluding carboxylic acids is 1. The third-order valence-electron chi connectivity index (χ3n) is 4.31. The molecule has 0 bridgehead atoms. The van der Waals surface area contributed by atoms with Crippen molar-refractivity contribution in [2.24, 2.45) is 0 Å². The van der Waals surface area contributed by atoms with Gasteiger partial charge in [0, 0.05) is 25.1 Å². The molecule has 0 spiro atoms. The van der Waals surface area contributed by atoms with E-state index in [1.807, 2.05) is 0 Å². The Hall–Kier alpha value is -1.98. The summed E-state index contributed by atoms with van der Waals surface area (Å²) in [5.74, 6) is -0.402. The maximum Gasteiger partial charge on any atom is 0.534 e. The van der Waals surface area contributed by atoms with Crippen LogP contribution >= 0.6 is 0 Å². The van der Waals surface area contributed by atoms with Gasteiger partial charge in [-0.3, -0.25) is 0 Å². The Balaban J connectivity index is 1.86. The minimum atomic E-state index is -5.81. The molecule has 158 valence electrons. The van der Waals surface area contributed by atoms with Gasteiger partial charge in [-0.05, 0) is 40.0 Å². The molecule has 1 aliphatic carbocycles. The fourth-order valence-electron chi connectivity index (χ4n) is 2.86. The number of nitrogens with zero attached hydrogens (tertiary/aromatic N) is 3. The van der Waals surface area contributed by atoms with Gasteiger partial charge < -0.3 is 13.8 Å². The van der Waals surface area contributed by atoms with Crippen molar-refractivity contribution < 1.29 is 35.3 Å². The Morgan fingerprint density at radius 3 is 2.29 bits per heavy atom. The molecule has 0 radical (unpaired) electrons. The Labute approximate surface area is 160 Å². The van der Waals surface area contributed by atoms with Gasteiger partial charge in [0.25, 0.3) is 0 Å². The Kier molecular flexibility index (Phi) is 5.05. The van der Waals surface area contributed by atoms with Crippen molar-refractivity contribution in [3.63, 3.8) is 0 Å². The summed E-state index contributed by atoms with van der Waals surface area (Å²) >= 11 is 0. The van der Waals surface area contributed by atoms with E-state index in [4.69, 9.17) is 4.74 Å². The van der Waals surface area contributed by atoms with E-state index in [1.54, 1.807) is 20.8 Å². The number of amides is 1. The van der Waals surface area contributed by atoms with E-state index in [-0.39, 0.29) is 37.5 Å². The number of aromatic nitrogens is 2. The van der Waals surface area contributed by atoms with Gasteiger partial charge in [-0.15, -0.1) is 0 Å². The average Bonchev–Trinajstić information content (AvgIpc) is 3.32. The van der Waals surface area contributed by atoms with Gasteiger partial charge in [0.2, 0.25) is 5.88 Å². The summed E-state index contributed by atoms with van der Waals surface area (Å²) in [5.41, 5.74) is -5.50. The number of hydrogen-bond acceptors (Lipinski definition) is 6. The highest BCUT2D eigenvalue weighted by Crippen LogP contribution is 2.42. The van der Waals surface area contributed by atoms with Crippen molar-refractivity contribution in [3.05, 3.63) is 11.3 Å². The van der Waals surface area contributed by atoms with Gasteiger partial charge in [-0.2, -0.15) is 26.7 Å². The standard InChI is InChI=1S/C16H22F3N3O5S/c1-15(2,3)26-14(23)21-8-6-11-12(7-9-21)20-22(10-4-5-10)13(11)27-28(24,25)16(17,18)19/h10H,4-9H2,1-3H3. The van der Waals surface area contributed by atoms with Crippen LogP contribution in [0.3, 0.4) is 0 Å². The molecule has 0 aromatic carbocycles. The number of carbonyl (C=O) groups is 1. The SMILES string of the molecule is CC(C)(C)OC(=O)N1CCc2nn(C3CC3)c(OS(=O)(=O)C(F)(F)F)c2CC1. The summed E-state index contributed by atoms with van der Waals surface area (Å²) in [6.07, 6.45) is 1.21. The van der Waals surface area contributed by atoms with Gasteiger partial charge in [0.05, 0.1) is 11.7 Å². The molecule has 3 rings (SSSR count). The van der Waals surface area contributed by atoms with Crippen LogP contribution < -0.4 is 4.18 Å². The number of alkyl halides is 3. The van der Waals surface area contributed by atoms with E-state index < -0.39 is 33.2 Å². The minimum Gasteiger partial charge on any atom is -0.444 e. The van der Waals surface area contributed by atoms with Crippen LogP contribution in [0.25, 0.3) is 0 Å². The second-order valence-corrected chi connectivity index (χ2v) is 9.39.